The molecule has 1 spiro atoms. The van der Waals surface area contributed by atoms with Crippen molar-refractivity contribution >= 4 is 23.5 Å². The molecule has 7 nitrogen and oxygen atoms in total. The van der Waals surface area contributed by atoms with Crippen LogP contribution in [0.4, 0.5) is 21.0 Å². The van der Waals surface area contributed by atoms with E-state index in [1.807, 2.05) is 61.5 Å². The Hall–Kier alpha value is -3.06. The number of carbonyl (C=O) groups is 2. The number of alkyl carbamates (subject to hydrolysis) is 1. The van der Waals surface area contributed by atoms with Gasteiger partial charge in [0.15, 0.2) is 0 Å². The Labute approximate surface area is 156 Å². The fourth-order valence-corrected chi connectivity index (χ4v) is 4.64. The average Bonchev–Trinajstić information content (AvgIpc) is 3.14. The number of para-hydroxylation sites is 2. The molecule has 0 saturated carbocycles. The van der Waals surface area contributed by atoms with Gasteiger partial charge in [-0.3, -0.25) is 15.1 Å². The summed E-state index contributed by atoms with van der Waals surface area (Å²) in [5.41, 5.74) is -0.227. The number of amides is 3. The van der Waals surface area contributed by atoms with Gasteiger partial charge in [-0.25, -0.2) is 9.59 Å². The molecule has 27 heavy (non-hydrogen) atoms. The monoisotopic (exact) mass is 365 g/mol. The van der Waals surface area contributed by atoms with Crippen LogP contribution in [0.3, 0.4) is 0 Å². The van der Waals surface area contributed by atoms with Crippen molar-refractivity contribution in [1.29, 1.82) is 0 Å². The smallest absolute Gasteiger partial charge is 0.411 e. The molecular formula is C20H19N3O4. The lowest BCUT2D eigenvalue weighted by Gasteiger charge is -2.40. The van der Waals surface area contributed by atoms with Gasteiger partial charge in [-0.2, -0.15) is 0 Å². The van der Waals surface area contributed by atoms with Crippen LogP contribution in [0.1, 0.15) is 25.5 Å². The minimum Gasteiger partial charge on any atom is -0.418 e. The standard InChI is InChI=1S/C20H19N3O4/c1-3-26-16-14-11-7-8-12-15(14)23-18(25)22(13-9-5-4-6-10-13)19(2)20(16,23)21-17(24)27-19/h4-12,16H,3H2,1-2H3,(H,21,24)/t16-,19-,20-/m1/s1. The molecule has 0 aromatic heterocycles. The predicted molar refractivity (Wildman–Crippen MR) is 98.4 cm³/mol. The number of hydrogen-bond acceptors (Lipinski definition) is 4. The van der Waals surface area contributed by atoms with E-state index in [1.54, 1.807) is 11.8 Å². The van der Waals surface area contributed by atoms with Crippen LogP contribution in [-0.4, -0.2) is 30.1 Å². The Kier molecular flexibility index (Phi) is 3.13. The number of benzene rings is 2. The van der Waals surface area contributed by atoms with Crippen LogP contribution in [-0.2, 0) is 9.47 Å². The highest BCUT2D eigenvalue weighted by Gasteiger charge is 2.79. The fraction of sp³-hybridized carbons (Fsp3) is 0.300. The van der Waals surface area contributed by atoms with Gasteiger partial charge in [0, 0.05) is 24.8 Å². The zero-order chi connectivity index (χ0) is 18.8. The van der Waals surface area contributed by atoms with E-state index in [0.29, 0.717) is 12.3 Å². The number of urea groups is 1. The van der Waals surface area contributed by atoms with Crippen molar-refractivity contribution in [3.05, 3.63) is 60.2 Å². The highest BCUT2D eigenvalue weighted by Crippen LogP contribution is 2.60. The second-order valence-corrected chi connectivity index (χ2v) is 6.95. The van der Waals surface area contributed by atoms with Crippen molar-refractivity contribution < 1.29 is 19.1 Å². The first-order chi connectivity index (χ1) is 13.0. The molecule has 5 rings (SSSR count). The summed E-state index contributed by atoms with van der Waals surface area (Å²) < 4.78 is 11.8. The quantitative estimate of drug-likeness (QED) is 0.905. The zero-order valence-corrected chi connectivity index (χ0v) is 15.0. The van der Waals surface area contributed by atoms with Crippen LogP contribution < -0.4 is 15.1 Å². The minimum absolute atomic E-state index is 0.265. The van der Waals surface area contributed by atoms with Crippen LogP contribution in [0.15, 0.2) is 54.6 Å². The molecule has 0 unspecified atom stereocenters. The maximum atomic E-state index is 13.6. The zero-order valence-electron chi connectivity index (χ0n) is 15.0. The third kappa shape index (κ3) is 1.74. The maximum absolute atomic E-state index is 13.6. The summed E-state index contributed by atoms with van der Waals surface area (Å²) in [6.07, 6.45) is -1.12. The largest absolute Gasteiger partial charge is 0.418 e. The molecule has 3 aliphatic rings. The third-order valence-electron chi connectivity index (χ3n) is 5.64. The molecule has 1 N–H and O–H groups in total. The van der Waals surface area contributed by atoms with Crippen molar-refractivity contribution in [3.63, 3.8) is 0 Å². The van der Waals surface area contributed by atoms with Gasteiger partial charge in [-0.05, 0) is 25.1 Å². The molecular weight excluding hydrogens is 346 g/mol. The van der Waals surface area contributed by atoms with Crippen LogP contribution >= 0.6 is 0 Å². The van der Waals surface area contributed by atoms with Gasteiger partial charge in [0.2, 0.25) is 11.4 Å². The van der Waals surface area contributed by atoms with E-state index < -0.39 is 23.6 Å². The Morgan fingerprint density at radius 3 is 2.52 bits per heavy atom. The van der Waals surface area contributed by atoms with Gasteiger partial charge in [-0.1, -0.05) is 36.4 Å². The molecule has 138 valence electrons. The van der Waals surface area contributed by atoms with Crippen LogP contribution in [0.2, 0.25) is 0 Å². The van der Waals surface area contributed by atoms with Crippen molar-refractivity contribution in [2.75, 3.05) is 16.4 Å². The SMILES string of the molecule is CCO[C@@H]1c2ccccc2N2C(=O)N(c3ccccc3)[C@]3(C)OC(=O)N[C@]123. The van der Waals surface area contributed by atoms with E-state index in [4.69, 9.17) is 9.47 Å². The van der Waals surface area contributed by atoms with E-state index in [0.717, 1.165) is 11.3 Å². The number of nitrogens with one attached hydrogen (secondary N) is 1. The molecule has 3 heterocycles. The second kappa shape index (κ2) is 5.23. The van der Waals surface area contributed by atoms with Crippen LogP contribution in [0, 0.1) is 0 Å². The lowest BCUT2D eigenvalue weighted by atomic mass is 9.90. The number of carbonyl (C=O) groups excluding carboxylic acids is 2. The predicted octanol–water partition coefficient (Wildman–Crippen LogP) is 3.38. The van der Waals surface area contributed by atoms with Gasteiger partial charge < -0.3 is 9.47 Å². The number of ether oxygens (including phenoxy) is 2. The summed E-state index contributed by atoms with van der Waals surface area (Å²) >= 11 is 0. The summed E-state index contributed by atoms with van der Waals surface area (Å²) in [6, 6.07) is 16.5. The molecule has 2 fully saturated rings. The molecule has 2 aromatic rings. The summed E-state index contributed by atoms with van der Waals surface area (Å²) in [5, 5.41) is 2.92. The van der Waals surface area contributed by atoms with E-state index in [1.165, 1.54) is 4.90 Å². The number of rotatable bonds is 3. The van der Waals surface area contributed by atoms with Gasteiger partial charge in [-0.15, -0.1) is 0 Å². The van der Waals surface area contributed by atoms with Gasteiger partial charge in [0.05, 0.1) is 5.69 Å². The lowest BCUT2D eigenvalue weighted by Crippen LogP contribution is -2.65. The first-order valence-electron chi connectivity index (χ1n) is 8.96. The van der Waals surface area contributed by atoms with Crippen LogP contribution in [0.25, 0.3) is 0 Å². The van der Waals surface area contributed by atoms with Gasteiger partial charge in [0.25, 0.3) is 0 Å². The first kappa shape index (κ1) is 16.1. The third-order valence-corrected chi connectivity index (χ3v) is 5.64. The Morgan fingerprint density at radius 2 is 1.78 bits per heavy atom. The van der Waals surface area contributed by atoms with E-state index in [2.05, 4.69) is 5.32 Å². The Morgan fingerprint density at radius 1 is 1.07 bits per heavy atom. The van der Waals surface area contributed by atoms with Crippen LogP contribution in [0.5, 0.6) is 0 Å². The molecule has 2 saturated heterocycles. The van der Waals surface area contributed by atoms with Gasteiger partial charge >= 0.3 is 12.1 Å². The molecule has 3 atom stereocenters. The highest BCUT2D eigenvalue weighted by atomic mass is 16.6. The van der Waals surface area contributed by atoms with Crippen molar-refractivity contribution in [1.82, 2.24) is 5.32 Å². The number of fused-ring (bicyclic) bond motifs is 2. The van der Waals surface area contributed by atoms with E-state index >= 15 is 0 Å². The minimum atomic E-state index is -1.28. The molecule has 3 amide bonds. The Bertz CT molecular complexity index is 949. The number of anilines is 2. The lowest BCUT2D eigenvalue weighted by molar-refractivity contribution is -0.0523. The maximum Gasteiger partial charge on any atom is 0.411 e. The molecule has 2 aromatic carbocycles. The molecule has 7 heteroatoms. The van der Waals surface area contributed by atoms with Gasteiger partial charge in [0.1, 0.15) is 6.10 Å². The Balaban J connectivity index is 1.78. The van der Waals surface area contributed by atoms with Crippen molar-refractivity contribution in [2.24, 2.45) is 0 Å². The van der Waals surface area contributed by atoms with Crippen molar-refractivity contribution in [3.8, 4) is 0 Å². The highest BCUT2D eigenvalue weighted by molar-refractivity contribution is 6.12. The average molecular weight is 365 g/mol. The second-order valence-electron chi connectivity index (χ2n) is 6.95. The summed E-state index contributed by atoms with van der Waals surface area (Å²) in [4.78, 5) is 29.2. The van der Waals surface area contributed by atoms with Crippen molar-refractivity contribution in [2.45, 2.75) is 31.3 Å². The molecule has 3 aliphatic heterocycles. The number of hydrogen-bond donors (Lipinski definition) is 1. The molecule has 0 radical (unpaired) electrons. The van der Waals surface area contributed by atoms with E-state index in [9.17, 15) is 9.59 Å². The molecule has 0 bridgehead atoms. The molecule has 0 aliphatic carbocycles. The van der Waals surface area contributed by atoms with E-state index in [-0.39, 0.29) is 6.03 Å². The normalized spacial score (nSPS) is 30.7. The summed E-state index contributed by atoms with van der Waals surface area (Å²) in [5.74, 6) is 0. The topological polar surface area (TPSA) is 71.1 Å². The fourth-order valence-electron chi connectivity index (χ4n) is 4.64. The summed E-state index contributed by atoms with van der Waals surface area (Å²) in [6.45, 7) is 4.08. The first-order valence-corrected chi connectivity index (χ1v) is 8.96. The number of nitrogens with zero attached hydrogens (tertiary/aromatic N) is 2. The summed E-state index contributed by atoms with van der Waals surface area (Å²) in [7, 11) is 0.